The van der Waals surface area contributed by atoms with Crippen LogP contribution < -0.4 is 16.2 Å². The minimum absolute atomic E-state index is 0.0571. The summed E-state index contributed by atoms with van der Waals surface area (Å²) in [5.41, 5.74) is 9.80. The van der Waals surface area contributed by atoms with Crippen molar-refractivity contribution in [2.75, 3.05) is 12.0 Å². The van der Waals surface area contributed by atoms with E-state index in [2.05, 4.69) is 21.2 Å². The van der Waals surface area contributed by atoms with Crippen molar-refractivity contribution in [3.8, 4) is 0 Å². The molecule has 2 aromatic rings. The Morgan fingerprint density at radius 3 is 2.52 bits per heavy atom. The Morgan fingerprint density at radius 1 is 1.10 bits per heavy atom. The number of amides is 2. The largest absolute Gasteiger partial charge is 0.510 e. The lowest BCUT2D eigenvalue weighted by Gasteiger charge is -2.11. The lowest BCUT2D eigenvalue weighted by atomic mass is 10.0. The smallest absolute Gasteiger partial charge is 0.257 e. The highest BCUT2D eigenvalue weighted by Gasteiger charge is 2.27. The zero-order valence-electron chi connectivity index (χ0n) is 16.5. The molecule has 0 fully saturated rings. The van der Waals surface area contributed by atoms with Crippen molar-refractivity contribution in [3.63, 3.8) is 0 Å². The highest BCUT2D eigenvalue weighted by atomic mass is 16.3. The Labute approximate surface area is 169 Å². The molecule has 0 radical (unpaired) electrons. The van der Waals surface area contributed by atoms with Gasteiger partial charge in [0.25, 0.3) is 5.91 Å². The Morgan fingerprint density at radius 2 is 1.86 bits per heavy atom. The molecule has 2 amide bonds. The summed E-state index contributed by atoms with van der Waals surface area (Å²) in [7, 11) is 0. The van der Waals surface area contributed by atoms with Gasteiger partial charge in [0, 0.05) is 6.42 Å². The zero-order valence-corrected chi connectivity index (χ0v) is 16.5. The number of hydrogen-bond acceptors (Lipinski definition) is 5. The molecule has 0 unspecified atom stereocenters. The van der Waals surface area contributed by atoms with E-state index in [0.717, 1.165) is 11.3 Å². The van der Waals surface area contributed by atoms with Crippen molar-refractivity contribution < 1.29 is 14.7 Å². The number of aryl methyl sites for hydroxylation is 2. The number of nitrogens with zero attached hydrogens (tertiary/aromatic N) is 1. The molecule has 1 aliphatic rings. The minimum atomic E-state index is -0.383. The maximum atomic E-state index is 12.3. The van der Waals surface area contributed by atoms with Gasteiger partial charge in [-0.3, -0.25) is 25.4 Å². The first kappa shape index (κ1) is 20.1. The maximum absolute atomic E-state index is 12.3. The highest BCUT2D eigenvalue weighted by Crippen LogP contribution is 2.20. The predicted octanol–water partition coefficient (Wildman–Crippen LogP) is 3.24. The lowest BCUT2D eigenvalue weighted by Crippen LogP contribution is -2.30. The van der Waals surface area contributed by atoms with Gasteiger partial charge in [0.1, 0.15) is 11.3 Å². The van der Waals surface area contributed by atoms with Gasteiger partial charge >= 0.3 is 0 Å². The summed E-state index contributed by atoms with van der Waals surface area (Å²) < 4.78 is 0. The van der Waals surface area contributed by atoms with Crippen LogP contribution >= 0.6 is 0 Å². The number of aliphatic imine (C=N–C) groups is 1. The molecule has 0 bridgehead atoms. The topological polar surface area (TPSA) is 103 Å². The number of anilines is 1. The molecule has 0 atom stereocenters. The summed E-state index contributed by atoms with van der Waals surface area (Å²) in [4.78, 5) is 28.9. The summed E-state index contributed by atoms with van der Waals surface area (Å²) >= 11 is 0. The molecule has 0 saturated carbocycles. The Balaban J connectivity index is 1.67. The summed E-state index contributed by atoms with van der Waals surface area (Å²) in [6.45, 7) is 4.10. The fraction of sp³-hybridized carbons (Fsp3) is 0.227. The molecule has 3 rings (SSSR count). The predicted molar refractivity (Wildman–Crippen MR) is 113 cm³/mol. The van der Waals surface area contributed by atoms with E-state index in [0.29, 0.717) is 11.4 Å². The number of rotatable bonds is 7. The number of nitrogens with one attached hydrogen (secondary N) is 3. The number of aliphatic hydroxyl groups excluding tert-OH is 1. The fourth-order valence-electron chi connectivity index (χ4n) is 2.92. The van der Waals surface area contributed by atoms with Gasteiger partial charge in [-0.15, -0.1) is 0 Å². The van der Waals surface area contributed by atoms with Crippen LogP contribution in [0.1, 0.15) is 24.0 Å². The molecular formula is C22H24N4O3. The molecule has 0 spiro atoms. The van der Waals surface area contributed by atoms with E-state index in [4.69, 9.17) is 0 Å². The molecule has 150 valence electrons. The zero-order chi connectivity index (χ0) is 20.8. The van der Waals surface area contributed by atoms with Crippen LogP contribution in [-0.2, 0) is 9.59 Å². The summed E-state index contributed by atoms with van der Waals surface area (Å²) in [6, 6.07) is 14.9. The molecule has 4 N–H and O–H groups in total. The first-order valence-corrected chi connectivity index (χ1v) is 9.39. The fourth-order valence-corrected chi connectivity index (χ4v) is 2.92. The number of aliphatic hydroxyl groups is 1. The van der Waals surface area contributed by atoms with E-state index >= 15 is 0 Å². The molecule has 1 aliphatic heterocycles. The summed E-state index contributed by atoms with van der Waals surface area (Å²) in [6.07, 6.45) is 0.315. The minimum Gasteiger partial charge on any atom is -0.510 e. The third-order valence-electron chi connectivity index (χ3n) is 4.68. The molecule has 2 aromatic carbocycles. The van der Waals surface area contributed by atoms with Gasteiger partial charge in [-0.1, -0.05) is 24.3 Å². The third-order valence-corrected chi connectivity index (χ3v) is 4.68. The average Bonchev–Trinajstić information content (AvgIpc) is 3.05. The number of benzene rings is 2. The van der Waals surface area contributed by atoms with E-state index in [1.54, 1.807) is 12.1 Å². The number of carbonyl (C=O) groups excluding carboxylic acids is 2. The van der Waals surface area contributed by atoms with Crippen molar-refractivity contribution in [2.45, 2.75) is 26.7 Å². The quantitative estimate of drug-likeness (QED) is 0.429. The van der Waals surface area contributed by atoms with Gasteiger partial charge in [0.05, 0.1) is 23.6 Å². The number of carbonyl (C=O) groups is 2. The molecule has 0 saturated heterocycles. The average molecular weight is 392 g/mol. The first-order valence-electron chi connectivity index (χ1n) is 9.39. The molecule has 0 aromatic heterocycles. The Kier molecular flexibility index (Phi) is 6.29. The molecule has 0 aliphatic carbocycles. The number of hydrogen-bond donors (Lipinski definition) is 4. The second-order valence-corrected chi connectivity index (χ2v) is 6.87. The Hall–Kier alpha value is -3.61. The normalized spacial score (nSPS) is 14.0. The standard InChI is InChI=1S/C22H24N4O3/c1-14-8-9-17(12-15(14)2)25-26-20(28)11-10-18(21-19(27)13-23-22(21)29)24-16-6-4-3-5-7-16/h3-9,12,25,27H,10-11,13H2,1-2H3,(H,23,29)(H,26,28). The number of hydrazine groups is 1. The van der Waals surface area contributed by atoms with Crippen molar-refractivity contribution in [2.24, 2.45) is 4.99 Å². The van der Waals surface area contributed by atoms with E-state index in [1.165, 1.54) is 5.56 Å². The van der Waals surface area contributed by atoms with E-state index < -0.39 is 0 Å². The van der Waals surface area contributed by atoms with Gasteiger partial charge in [-0.2, -0.15) is 0 Å². The van der Waals surface area contributed by atoms with Crippen LogP contribution in [-0.4, -0.2) is 29.2 Å². The van der Waals surface area contributed by atoms with Gasteiger partial charge < -0.3 is 10.4 Å². The van der Waals surface area contributed by atoms with Crippen LogP contribution in [0, 0.1) is 13.8 Å². The van der Waals surface area contributed by atoms with Crippen molar-refractivity contribution in [3.05, 3.63) is 71.0 Å². The second kappa shape index (κ2) is 9.05. The molecule has 1 heterocycles. The SMILES string of the molecule is Cc1ccc(NNC(=O)CCC(=Nc2ccccc2)C2=C(O)CNC2=O)cc1C. The van der Waals surface area contributed by atoms with Crippen LogP contribution in [0.15, 0.2) is 64.9 Å². The van der Waals surface area contributed by atoms with Crippen LogP contribution in [0.2, 0.25) is 0 Å². The van der Waals surface area contributed by atoms with Crippen LogP contribution in [0.3, 0.4) is 0 Å². The van der Waals surface area contributed by atoms with Crippen LogP contribution in [0.4, 0.5) is 11.4 Å². The molecule has 7 nitrogen and oxygen atoms in total. The second-order valence-electron chi connectivity index (χ2n) is 6.87. The van der Waals surface area contributed by atoms with Gasteiger partial charge in [-0.25, -0.2) is 0 Å². The first-order chi connectivity index (χ1) is 13.9. The van der Waals surface area contributed by atoms with E-state index in [1.807, 2.05) is 50.2 Å². The van der Waals surface area contributed by atoms with Gasteiger partial charge in [-0.05, 0) is 55.7 Å². The molecule has 29 heavy (non-hydrogen) atoms. The van der Waals surface area contributed by atoms with Crippen LogP contribution in [0.5, 0.6) is 0 Å². The molecular weight excluding hydrogens is 368 g/mol. The van der Waals surface area contributed by atoms with Gasteiger partial charge in [0.15, 0.2) is 0 Å². The monoisotopic (exact) mass is 392 g/mol. The van der Waals surface area contributed by atoms with E-state index in [-0.39, 0.29) is 42.5 Å². The summed E-state index contributed by atoms with van der Waals surface area (Å²) in [5.74, 6) is -0.688. The molecule has 7 heteroatoms. The maximum Gasteiger partial charge on any atom is 0.257 e. The van der Waals surface area contributed by atoms with Crippen molar-refractivity contribution in [1.82, 2.24) is 10.7 Å². The van der Waals surface area contributed by atoms with Gasteiger partial charge in [0.2, 0.25) is 5.91 Å². The van der Waals surface area contributed by atoms with Crippen molar-refractivity contribution in [1.29, 1.82) is 0 Å². The van der Waals surface area contributed by atoms with E-state index in [9.17, 15) is 14.7 Å². The summed E-state index contributed by atoms with van der Waals surface area (Å²) in [5, 5.41) is 12.6. The highest BCUT2D eigenvalue weighted by molar-refractivity contribution is 6.24. The van der Waals surface area contributed by atoms with Crippen LogP contribution in [0.25, 0.3) is 0 Å². The Bertz CT molecular complexity index is 981. The number of para-hydroxylation sites is 1. The van der Waals surface area contributed by atoms with Crippen molar-refractivity contribution >= 4 is 28.9 Å². The lowest BCUT2D eigenvalue weighted by molar-refractivity contribution is -0.120. The third kappa shape index (κ3) is 5.22.